The standard InChI is InChI=1S/C16H27N5O3S/c1-12(2)21-10-14(7-17-21)16(22)20-9-13-5-6-15(20)11-19(8-13)25(23,24)18(3)4/h7,10,12-13,15H,5-6,8-9,11H2,1-4H3/t13-,15+/m1/s1. The number of hydrogen-bond donors (Lipinski definition) is 0. The van der Waals surface area contributed by atoms with Crippen LogP contribution in [0.3, 0.4) is 0 Å². The second kappa shape index (κ2) is 6.69. The van der Waals surface area contributed by atoms with Crippen molar-refractivity contribution >= 4 is 16.1 Å². The molecule has 1 amide bonds. The van der Waals surface area contributed by atoms with Crippen LogP contribution < -0.4 is 0 Å². The van der Waals surface area contributed by atoms with Crippen LogP contribution in [0.25, 0.3) is 0 Å². The zero-order valence-corrected chi connectivity index (χ0v) is 16.1. The predicted molar refractivity (Wildman–Crippen MR) is 94.3 cm³/mol. The van der Waals surface area contributed by atoms with Crippen LogP contribution in [0, 0.1) is 5.92 Å². The Morgan fingerprint density at radius 3 is 2.56 bits per heavy atom. The highest BCUT2D eigenvalue weighted by atomic mass is 32.2. The van der Waals surface area contributed by atoms with Crippen molar-refractivity contribution < 1.29 is 13.2 Å². The minimum absolute atomic E-state index is 0.0503. The van der Waals surface area contributed by atoms with Crippen molar-refractivity contribution in [2.75, 3.05) is 33.7 Å². The molecule has 0 radical (unpaired) electrons. The molecule has 3 aliphatic rings. The second-order valence-corrected chi connectivity index (χ2v) is 9.61. The fraction of sp³-hybridized carbons (Fsp3) is 0.750. The van der Waals surface area contributed by atoms with Crippen molar-refractivity contribution in [2.24, 2.45) is 5.92 Å². The van der Waals surface area contributed by atoms with Gasteiger partial charge in [-0.05, 0) is 32.6 Å². The molecule has 0 spiro atoms. The van der Waals surface area contributed by atoms with Crippen LogP contribution in [-0.2, 0) is 10.2 Å². The molecular formula is C16H27N5O3S. The average Bonchev–Trinajstić information content (AvgIpc) is 2.86. The summed E-state index contributed by atoms with van der Waals surface area (Å²) in [7, 11) is -0.364. The fourth-order valence-electron chi connectivity index (χ4n) is 3.60. The Labute approximate surface area is 149 Å². The van der Waals surface area contributed by atoms with E-state index >= 15 is 0 Å². The molecule has 0 aliphatic carbocycles. The Kier molecular flexibility index (Phi) is 4.91. The van der Waals surface area contributed by atoms with Gasteiger partial charge < -0.3 is 4.90 Å². The molecule has 3 aliphatic heterocycles. The molecule has 0 saturated carbocycles. The molecule has 25 heavy (non-hydrogen) atoms. The minimum atomic E-state index is -3.46. The highest BCUT2D eigenvalue weighted by Crippen LogP contribution is 2.30. The summed E-state index contributed by atoms with van der Waals surface area (Å²) in [6.45, 7) is 5.47. The molecule has 2 bridgehead atoms. The van der Waals surface area contributed by atoms with E-state index in [9.17, 15) is 13.2 Å². The number of rotatable bonds is 4. The van der Waals surface area contributed by atoms with Crippen LogP contribution in [0.1, 0.15) is 43.1 Å². The number of carbonyl (C=O) groups excluding carboxylic acids is 1. The van der Waals surface area contributed by atoms with E-state index < -0.39 is 10.2 Å². The van der Waals surface area contributed by atoms with Crippen LogP contribution in [0.15, 0.2) is 12.4 Å². The quantitative estimate of drug-likeness (QED) is 0.787. The maximum absolute atomic E-state index is 13.0. The van der Waals surface area contributed by atoms with Gasteiger partial charge in [0, 0.05) is 52.0 Å². The van der Waals surface area contributed by atoms with Crippen LogP contribution in [0.4, 0.5) is 0 Å². The molecule has 1 aromatic heterocycles. The minimum Gasteiger partial charge on any atom is -0.334 e. The van der Waals surface area contributed by atoms with Gasteiger partial charge in [0.15, 0.2) is 0 Å². The summed E-state index contributed by atoms with van der Waals surface area (Å²) in [6, 6.07) is 0.117. The van der Waals surface area contributed by atoms with Crippen molar-refractivity contribution in [2.45, 2.75) is 38.8 Å². The molecule has 3 fully saturated rings. The van der Waals surface area contributed by atoms with Crippen molar-refractivity contribution in [3.8, 4) is 0 Å². The first-order valence-electron chi connectivity index (χ1n) is 8.73. The zero-order chi connectivity index (χ0) is 18.4. The van der Waals surface area contributed by atoms with Crippen LogP contribution in [0.2, 0.25) is 0 Å². The summed E-state index contributed by atoms with van der Waals surface area (Å²) in [5, 5.41) is 4.25. The van der Waals surface area contributed by atoms with Gasteiger partial charge in [-0.15, -0.1) is 0 Å². The molecule has 4 heterocycles. The summed E-state index contributed by atoms with van der Waals surface area (Å²) >= 11 is 0. The highest BCUT2D eigenvalue weighted by Gasteiger charge is 2.41. The highest BCUT2D eigenvalue weighted by molar-refractivity contribution is 7.86. The lowest BCUT2D eigenvalue weighted by Gasteiger charge is -2.36. The van der Waals surface area contributed by atoms with Crippen molar-refractivity contribution in [3.05, 3.63) is 18.0 Å². The van der Waals surface area contributed by atoms with Crippen molar-refractivity contribution in [1.29, 1.82) is 0 Å². The van der Waals surface area contributed by atoms with E-state index in [-0.39, 0.29) is 23.9 Å². The van der Waals surface area contributed by atoms with Gasteiger partial charge in [-0.1, -0.05) is 0 Å². The number of piperidine rings is 1. The van der Waals surface area contributed by atoms with Crippen molar-refractivity contribution in [3.63, 3.8) is 0 Å². The summed E-state index contributed by atoms with van der Waals surface area (Å²) in [5.41, 5.74) is 0.572. The largest absolute Gasteiger partial charge is 0.334 e. The number of nitrogens with zero attached hydrogens (tertiary/aromatic N) is 5. The van der Waals surface area contributed by atoms with Crippen LogP contribution >= 0.6 is 0 Å². The van der Waals surface area contributed by atoms with E-state index in [0.717, 1.165) is 12.8 Å². The molecular weight excluding hydrogens is 342 g/mol. The third-order valence-corrected chi connectivity index (χ3v) is 6.98. The number of fused-ring (bicyclic) bond motifs is 4. The molecule has 0 N–H and O–H groups in total. The van der Waals surface area contributed by atoms with Gasteiger partial charge in [0.25, 0.3) is 16.1 Å². The molecule has 3 saturated heterocycles. The fourth-order valence-corrected chi connectivity index (χ4v) is 4.83. The smallest absolute Gasteiger partial charge is 0.281 e. The molecule has 8 nitrogen and oxygen atoms in total. The summed E-state index contributed by atoms with van der Waals surface area (Å²) in [4.78, 5) is 14.8. The van der Waals surface area contributed by atoms with Gasteiger partial charge >= 0.3 is 0 Å². The SMILES string of the molecule is CC(C)n1cc(C(=O)N2C[C@@H]3CC[C@H]2CN(S(=O)(=O)N(C)C)C3)cn1. The third-order valence-electron chi connectivity index (χ3n) is 5.11. The van der Waals surface area contributed by atoms with E-state index in [1.54, 1.807) is 31.2 Å². The maximum Gasteiger partial charge on any atom is 0.281 e. The van der Waals surface area contributed by atoms with Crippen LogP contribution in [-0.4, -0.2) is 77.4 Å². The second-order valence-electron chi connectivity index (χ2n) is 7.46. The number of carbonyl (C=O) groups is 1. The summed E-state index contributed by atoms with van der Waals surface area (Å²) < 4.78 is 29.6. The third kappa shape index (κ3) is 3.45. The number of hydrogen-bond acceptors (Lipinski definition) is 4. The van der Waals surface area contributed by atoms with Gasteiger partial charge in [0.2, 0.25) is 0 Å². The normalized spacial score (nSPS) is 25.0. The first kappa shape index (κ1) is 18.3. The molecule has 0 unspecified atom stereocenters. The lowest BCUT2D eigenvalue weighted by molar-refractivity contribution is 0.0588. The molecule has 9 heteroatoms. The average molecular weight is 369 g/mol. The first-order valence-corrected chi connectivity index (χ1v) is 10.1. The summed E-state index contributed by atoms with van der Waals surface area (Å²) in [6.07, 6.45) is 5.18. The van der Waals surface area contributed by atoms with E-state index in [4.69, 9.17) is 0 Å². The number of aromatic nitrogens is 2. The van der Waals surface area contributed by atoms with Crippen LogP contribution in [0.5, 0.6) is 0 Å². The Balaban J connectivity index is 1.81. The molecule has 4 rings (SSSR count). The summed E-state index contributed by atoms with van der Waals surface area (Å²) in [5.74, 6) is 0.128. The van der Waals surface area contributed by atoms with Gasteiger partial charge in [0.1, 0.15) is 0 Å². The first-order chi connectivity index (χ1) is 11.7. The van der Waals surface area contributed by atoms with E-state index in [0.29, 0.717) is 25.2 Å². The molecule has 2 atom stereocenters. The Bertz CT molecular complexity index is 743. The molecule has 1 aromatic rings. The van der Waals surface area contributed by atoms with Crippen molar-refractivity contribution in [1.82, 2.24) is 23.3 Å². The van der Waals surface area contributed by atoms with E-state index in [1.165, 1.54) is 8.61 Å². The topological polar surface area (TPSA) is 78.8 Å². The zero-order valence-electron chi connectivity index (χ0n) is 15.3. The lowest BCUT2D eigenvalue weighted by Crippen LogP contribution is -2.48. The molecule has 140 valence electrons. The van der Waals surface area contributed by atoms with Gasteiger partial charge in [-0.3, -0.25) is 9.48 Å². The van der Waals surface area contributed by atoms with E-state index in [2.05, 4.69) is 5.10 Å². The number of amides is 1. The Hall–Kier alpha value is -1.45. The maximum atomic E-state index is 13.0. The van der Waals surface area contributed by atoms with Gasteiger partial charge in [0.05, 0.1) is 11.8 Å². The van der Waals surface area contributed by atoms with E-state index in [1.807, 2.05) is 18.7 Å². The lowest BCUT2D eigenvalue weighted by atomic mass is 9.94. The van der Waals surface area contributed by atoms with Gasteiger partial charge in [-0.2, -0.15) is 22.1 Å². The van der Waals surface area contributed by atoms with Gasteiger partial charge in [-0.25, -0.2) is 0 Å². The predicted octanol–water partition coefficient (Wildman–Crippen LogP) is 0.807. The monoisotopic (exact) mass is 369 g/mol. The Morgan fingerprint density at radius 2 is 1.96 bits per heavy atom. The Morgan fingerprint density at radius 1 is 1.24 bits per heavy atom. The molecule has 0 aromatic carbocycles.